The summed E-state index contributed by atoms with van der Waals surface area (Å²) >= 11 is 4.74. The predicted molar refractivity (Wildman–Crippen MR) is 112 cm³/mol. The van der Waals surface area contributed by atoms with Crippen LogP contribution >= 0.6 is 27.7 Å². The van der Waals surface area contributed by atoms with E-state index in [-0.39, 0.29) is 17.6 Å². The molecule has 1 heterocycles. The summed E-state index contributed by atoms with van der Waals surface area (Å²) in [4.78, 5) is 24.1. The summed E-state index contributed by atoms with van der Waals surface area (Å²) in [5, 5.41) is 8.95. The lowest BCUT2D eigenvalue weighted by atomic mass is 10.1. The van der Waals surface area contributed by atoms with Crippen molar-refractivity contribution in [3.05, 3.63) is 64.1 Å². The van der Waals surface area contributed by atoms with Crippen LogP contribution in [0.1, 0.15) is 15.9 Å². The molecule has 0 aliphatic rings. The number of carbonyl (C=O) groups excluding carboxylic acids is 2. The second-order valence-corrected chi connectivity index (χ2v) is 7.80. The summed E-state index contributed by atoms with van der Waals surface area (Å²) in [5.74, 6) is 0.0861. The van der Waals surface area contributed by atoms with E-state index in [1.807, 2.05) is 54.9 Å². The number of carbonyl (C=O) groups is 2. The highest BCUT2D eigenvalue weighted by molar-refractivity contribution is 9.10. The molecule has 0 atom stereocenters. The van der Waals surface area contributed by atoms with Gasteiger partial charge in [0.25, 0.3) is 5.91 Å². The maximum absolute atomic E-state index is 12.0. The minimum atomic E-state index is -0.367. The number of halogens is 1. The second kappa shape index (κ2) is 9.03. The lowest BCUT2D eigenvalue weighted by molar-refractivity contribution is -0.119. The first-order valence-corrected chi connectivity index (χ1v) is 10.2. The van der Waals surface area contributed by atoms with E-state index in [0.717, 1.165) is 15.6 Å². The van der Waals surface area contributed by atoms with E-state index >= 15 is 0 Å². The van der Waals surface area contributed by atoms with Gasteiger partial charge in [-0.25, -0.2) is 0 Å². The second-order valence-electron chi connectivity index (χ2n) is 6.00. The van der Waals surface area contributed by atoms with Gasteiger partial charge in [0.1, 0.15) is 0 Å². The Balaban J connectivity index is 1.54. The summed E-state index contributed by atoms with van der Waals surface area (Å²) in [5.41, 5.74) is 7.27. The summed E-state index contributed by atoms with van der Waals surface area (Å²) in [6, 6.07) is 14.8. The molecule has 3 aromatic rings. The van der Waals surface area contributed by atoms with Crippen molar-refractivity contribution in [3.8, 4) is 11.4 Å². The van der Waals surface area contributed by atoms with Gasteiger partial charge in [0.15, 0.2) is 11.0 Å². The molecule has 3 rings (SSSR count). The van der Waals surface area contributed by atoms with Gasteiger partial charge in [-0.05, 0) is 25.1 Å². The van der Waals surface area contributed by atoms with Gasteiger partial charge in [0, 0.05) is 22.6 Å². The summed E-state index contributed by atoms with van der Waals surface area (Å²) in [6.45, 7) is 1.94. The number of aromatic nitrogens is 3. The molecule has 2 amide bonds. The van der Waals surface area contributed by atoms with Gasteiger partial charge >= 0.3 is 0 Å². The molecule has 9 heteroatoms. The zero-order valence-corrected chi connectivity index (χ0v) is 17.7. The van der Waals surface area contributed by atoms with E-state index < -0.39 is 0 Å². The van der Waals surface area contributed by atoms with Crippen LogP contribution in [-0.4, -0.2) is 32.3 Å². The van der Waals surface area contributed by atoms with Crippen molar-refractivity contribution < 1.29 is 9.59 Å². The summed E-state index contributed by atoms with van der Waals surface area (Å²) in [7, 11) is 1.84. The quantitative estimate of drug-likeness (QED) is 0.451. The number of benzene rings is 2. The van der Waals surface area contributed by atoms with Crippen LogP contribution in [0.15, 0.2) is 58.2 Å². The van der Waals surface area contributed by atoms with Gasteiger partial charge in [0.2, 0.25) is 5.91 Å². The maximum atomic E-state index is 12.0. The number of thioether (sulfide) groups is 1. The van der Waals surface area contributed by atoms with E-state index in [0.29, 0.717) is 16.5 Å². The van der Waals surface area contributed by atoms with Crippen molar-refractivity contribution in [2.24, 2.45) is 7.05 Å². The van der Waals surface area contributed by atoms with Crippen LogP contribution in [-0.2, 0) is 11.8 Å². The van der Waals surface area contributed by atoms with Crippen LogP contribution in [0.5, 0.6) is 0 Å². The number of hydrogen-bond acceptors (Lipinski definition) is 5. The number of hydrazine groups is 1. The molecule has 144 valence electrons. The molecule has 1 aromatic heterocycles. The standard InChI is InChI=1S/C19H18BrN5O2S/c1-12-7-9-13(10-8-12)18(27)23-21-16(26)11-28-19-24-22-17(25(19)2)14-5-3-4-6-15(14)20/h3-10H,11H2,1-2H3,(H,21,26)(H,23,27). The lowest BCUT2D eigenvalue weighted by Crippen LogP contribution is -2.42. The molecule has 7 nitrogen and oxygen atoms in total. The Kier molecular flexibility index (Phi) is 6.48. The third-order valence-electron chi connectivity index (χ3n) is 3.91. The molecule has 0 saturated carbocycles. The molecule has 2 N–H and O–H groups in total. The Morgan fingerprint density at radius 1 is 1.07 bits per heavy atom. The van der Waals surface area contributed by atoms with Gasteiger partial charge in [-0.2, -0.15) is 0 Å². The molecule has 0 aliphatic carbocycles. The Morgan fingerprint density at radius 2 is 1.79 bits per heavy atom. The minimum Gasteiger partial charge on any atom is -0.305 e. The molecule has 28 heavy (non-hydrogen) atoms. The average molecular weight is 460 g/mol. The van der Waals surface area contributed by atoms with Crippen molar-refractivity contribution in [1.29, 1.82) is 0 Å². The molecule has 0 aliphatic heterocycles. The molecule has 0 saturated heterocycles. The fourth-order valence-electron chi connectivity index (χ4n) is 2.39. The first kappa shape index (κ1) is 20.1. The zero-order valence-electron chi connectivity index (χ0n) is 15.3. The first-order chi connectivity index (χ1) is 13.5. The van der Waals surface area contributed by atoms with Crippen LogP contribution in [0.2, 0.25) is 0 Å². The smallest absolute Gasteiger partial charge is 0.269 e. The van der Waals surface area contributed by atoms with E-state index in [1.54, 1.807) is 12.1 Å². The van der Waals surface area contributed by atoms with Crippen molar-refractivity contribution in [3.63, 3.8) is 0 Å². The fourth-order valence-corrected chi connectivity index (χ4v) is 3.56. The first-order valence-electron chi connectivity index (χ1n) is 8.38. The third kappa shape index (κ3) is 4.79. The number of amides is 2. The number of hydrogen-bond donors (Lipinski definition) is 2. The van der Waals surface area contributed by atoms with Crippen LogP contribution in [0.3, 0.4) is 0 Å². The Morgan fingerprint density at radius 3 is 2.50 bits per heavy atom. The monoisotopic (exact) mass is 459 g/mol. The highest BCUT2D eigenvalue weighted by Gasteiger charge is 2.15. The molecule has 0 bridgehead atoms. The van der Waals surface area contributed by atoms with Crippen LogP contribution in [0, 0.1) is 6.92 Å². The Bertz CT molecular complexity index is 1000. The van der Waals surface area contributed by atoms with E-state index in [4.69, 9.17) is 0 Å². The molecular weight excluding hydrogens is 442 g/mol. The maximum Gasteiger partial charge on any atom is 0.269 e. The molecule has 0 radical (unpaired) electrons. The average Bonchev–Trinajstić information content (AvgIpc) is 3.05. The normalized spacial score (nSPS) is 10.5. The van der Waals surface area contributed by atoms with Gasteiger partial charge < -0.3 is 4.57 Å². The highest BCUT2D eigenvalue weighted by Crippen LogP contribution is 2.28. The van der Waals surface area contributed by atoms with Crippen LogP contribution < -0.4 is 10.9 Å². The van der Waals surface area contributed by atoms with E-state index in [1.165, 1.54) is 11.8 Å². The van der Waals surface area contributed by atoms with Crippen molar-refractivity contribution in [2.75, 3.05) is 5.75 Å². The lowest BCUT2D eigenvalue weighted by Gasteiger charge is -2.08. The molecular formula is C19H18BrN5O2S. The van der Waals surface area contributed by atoms with Crippen molar-refractivity contribution in [2.45, 2.75) is 12.1 Å². The topological polar surface area (TPSA) is 88.9 Å². The fraction of sp³-hybridized carbons (Fsp3) is 0.158. The third-order valence-corrected chi connectivity index (χ3v) is 5.62. The number of rotatable bonds is 5. The minimum absolute atomic E-state index is 0.0934. The van der Waals surface area contributed by atoms with Crippen LogP contribution in [0.25, 0.3) is 11.4 Å². The van der Waals surface area contributed by atoms with Gasteiger partial charge in [-0.1, -0.05) is 63.6 Å². The Labute approximate surface area is 175 Å². The highest BCUT2D eigenvalue weighted by atomic mass is 79.9. The Hall–Kier alpha value is -2.65. The van der Waals surface area contributed by atoms with Gasteiger partial charge in [-0.15, -0.1) is 10.2 Å². The summed E-state index contributed by atoms with van der Waals surface area (Å²) < 4.78 is 2.74. The SMILES string of the molecule is Cc1ccc(C(=O)NNC(=O)CSc2nnc(-c3ccccc3Br)n2C)cc1. The van der Waals surface area contributed by atoms with Crippen molar-refractivity contribution >= 4 is 39.5 Å². The molecule has 2 aromatic carbocycles. The molecule has 0 unspecified atom stereocenters. The predicted octanol–water partition coefficient (Wildman–Crippen LogP) is 3.11. The van der Waals surface area contributed by atoms with Crippen LogP contribution in [0.4, 0.5) is 0 Å². The molecule has 0 fully saturated rings. The van der Waals surface area contributed by atoms with Crippen molar-refractivity contribution in [1.82, 2.24) is 25.6 Å². The largest absolute Gasteiger partial charge is 0.305 e. The van der Waals surface area contributed by atoms with E-state index in [2.05, 4.69) is 37.0 Å². The number of nitrogens with one attached hydrogen (secondary N) is 2. The van der Waals surface area contributed by atoms with Gasteiger partial charge in [0.05, 0.1) is 5.75 Å². The zero-order chi connectivity index (χ0) is 20.1. The van der Waals surface area contributed by atoms with Gasteiger partial charge in [-0.3, -0.25) is 20.4 Å². The number of aryl methyl sites for hydroxylation is 1. The number of nitrogens with zero attached hydrogens (tertiary/aromatic N) is 3. The summed E-state index contributed by atoms with van der Waals surface area (Å²) in [6.07, 6.45) is 0. The van der Waals surface area contributed by atoms with E-state index in [9.17, 15) is 9.59 Å². The molecule has 0 spiro atoms.